The van der Waals surface area contributed by atoms with Crippen LogP contribution in [0.4, 0.5) is 5.69 Å². The van der Waals surface area contributed by atoms with E-state index in [1.54, 1.807) is 18.2 Å². The number of hydrogen-bond donors (Lipinski definition) is 2. The van der Waals surface area contributed by atoms with Gasteiger partial charge in [0.1, 0.15) is 5.69 Å². The van der Waals surface area contributed by atoms with Gasteiger partial charge >= 0.3 is 0 Å². The molecule has 0 bridgehead atoms. The highest BCUT2D eigenvalue weighted by Crippen LogP contribution is 2.21. The Morgan fingerprint density at radius 1 is 1.08 bits per heavy atom. The van der Waals surface area contributed by atoms with Crippen LogP contribution in [0.3, 0.4) is 0 Å². The fourth-order valence-corrected chi connectivity index (χ4v) is 4.38. The van der Waals surface area contributed by atoms with E-state index in [1.165, 1.54) is 6.07 Å². The topological polar surface area (TPSA) is 91.4 Å². The van der Waals surface area contributed by atoms with E-state index in [1.807, 2.05) is 37.4 Å². The quantitative estimate of drug-likeness (QED) is 0.633. The number of sulfonamides is 1. The van der Waals surface area contributed by atoms with Gasteiger partial charge in [0, 0.05) is 23.1 Å². The number of H-pyrrole nitrogens is 1. The maximum absolute atomic E-state index is 12.4. The second-order valence-electron chi connectivity index (χ2n) is 6.06. The van der Waals surface area contributed by atoms with Gasteiger partial charge in [-0.05, 0) is 41.8 Å². The average Bonchev–Trinajstić information content (AvgIpc) is 2.97. The minimum Gasteiger partial charge on any atom is -0.361 e. The Bertz CT molecular complexity index is 995. The first kappa shape index (κ1) is 17.3. The maximum Gasteiger partial charge on any atom is 0.216 e. The number of nitrogens with zero attached hydrogens (tertiary/aromatic N) is 1. The van der Waals surface area contributed by atoms with Crippen molar-refractivity contribution in [2.24, 2.45) is 5.18 Å². The van der Waals surface area contributed by atoms with E-state index in [-0.39, 0.29) is 17.5 Å². The summed E-state index contributed by atoms with van der Waals surface area (Å²) in [4.78, 5) is 14.0. The average molecular weight is 357 g/mol. The molecule has 0 fully saturated rings. The molecule has 0 spiro atoms. The second-order valence-corrected chi connectivity index (χ2v) is 7.82. The van der Waals surface area contributed by atoms with Crippen LogP contribution in [0.5, 0.6) is 0 Å². The predicted molar refractivity (Wildman–Crippen MR) is 99.1 cm³/mol. The summed E-state index contributed by atoms with van der Waals surface area (Å²) in [6.07, 6.45) is 2.47. The third-order valence-corrected chi connectivity index (χ3v) is 5.47. The normalized spacial score (nSPS) is 13.0. The van der Waals surface area contributed by atoms with Crippen LogP contribution in [-0.2, 0) is 22.2 Å². The first-order valence-electron chi connectivity index (χ1n) is 7.95. The summed E-state index contributed by atoms with van der Waals surface area (Å²) in [5.74, 6) is -0.271. The fourth-order valence-electron chi connectivity index (χ4n) is 2.95. The molecule has 3 rings (SSSR count). The van der Waals surface area contributed by atoms with Crippen molar-refractivity contribution in [2.75, 3.05) is 0 Å². The molecule has 0 saturated heterocycles. The summed E-state index contributed by atoms with van der Waals surface area (Å²) >= 11 is 0. The summed E-state index contributed by atoms with van der Waals surface area (Å²) in [5, 5.41) is 3.97. The summed E-state index contributed by atoms with van der Waals surface area (Å²) in [6, 6.07) is 14.1. The molecule has 2 aromatic carbocycles. The van der Waals surface area contributed by atoms with Crippen molar-refractivity contribution in [1.82, 2.24) is 9.71 Å². The summed E-state index contributed by atoms with van der Waals surface area (Å²) < 4.78 is 27.5. The van der Waals surface area contributed by atoms with Crippen LogP contribution >= 0.6 is 0 Å². The molecule has 0 aliphatic heterocycles. The first-order valence-corrected chi connectivity index (χ1v) is 9.60. The van der Waals surface area contributed by atoms with Crippen LogP contribution in [0.1, 0.15) is 18.1 Å². The Morgan fingerprint density at radius 3 is 2.60 bits per heavy atom. The van der Waals surface area contributed by atoms with Gasteiger partial charge in [-0.2, -0.15) is 0 Å². The van der Waals surface area contributed by atoms with Gasteiger partial charge in [-0.25, -0.2) is 13.1 Å². The maximum atomic E-state index is 12.4. The van der Waals surface area contributed by atoms with E-state index in [4.69, 9.17) is 0 Å². The molecular weight excluding hydrogens is 338 g/mol. The van der Waals surface area contributed by atoms with Crippen molar-refractivity contribution < 1.29 is 8.42 Å². The number of fused-ring (bicyclic) bond motifs is 1. The Balaban J connectivity index is 1.71. The van der Waals surface area contributed by atoms with Gasteiger partial charge in [0.05, 0.1) is 5.75 Å². The molecule has 2 N–H and O–H groups in total. The highest BCUT2D eigenvalue weighted by atomic mass is 32.2. The van der Waals surface area contributed by atoms with E-state index < -0.39 is 10.0 Å². The van der Waals surface area contributed by atoms with Crippen LogP contribution in [0.2, 0.25) is 0 Å². The number of hydrogen-bond acceptors (Lipinski definition) is 4. The number of rotatable bonds is 7. The van der Waals surface area contributed by atoms with Crippen molar-refractivity contribution in [3.05, 3.63) is 70.8 Å². The Kier molecular flexibility index (Phi) is 4.96. The standard InChI is InChI=1S/C18H19N3O3S/c1-13(10-15-11-19-18-9-5-3-7-16(15)18)21-25(23,24)12-14-6-2-4-8-17(14)20-22/h2-9,11,13,19,21H,10,12H2,1H3. The van der Waals surface area contributed by atoms with E-state index >= 15 is 0 Å². The lowest BCUT2D eigenvalue weighted by Gasteiger charge is -2.14. The van der Waals surface area contributed by atoms with Crippen LogP contribution < -0.4 is 4.72 Å². The molecule has 1 atom stereocenters. The predicted octanol–water partition coefficient (Wildman–Crippen LogP) is 3.62. The Morgan fingerprint density at radius 2 is 1.80 bits per heavy atom. The third-order valence-electron chi connectivity index (χ3n) is 4.02. The molecule has 6 nitrogen and oxygen atoms in total. The van der Waals surface area contributed by atoms with Crippen LogP contribution in [0, 0.1) is 4.91 Å². The fraction of sp³-hybridized carbons (Fsp3) is 0.222. The molecule has 7 heteroatoms. The molecule has 0 radical (unpaired) electrons. The van der Waals surface area contributed by atoms with Gasteiger partial charge < -0.3 is 4.98 Å². The van der Waals surface area contributed by atoms with Crippen molar-refractivity contribution in [2.45, 2.75) is 25.1 Å². The van der Waals surface area contributed by atoms with Crippen molar-refractivity contribution >= 4 is 26.6 Å². The molecular formula is C18H19N3O3S. The number of nitroso groups, excluding NO2 is 1. The van der Waals surface area contributed by atoms with Gasteiger partial charge in [0.25, 0.3) is 0 Å². The lowest BCUT2D eigenvalue weighted by atomic mass is 10.1. The number of aromatic nitrogens is 1. The summed E-state index contributed by atoms with van der Waals surface area (Å²) in [5.41, 5.74) is 2.63. The zero-order chi connectivity index (χ0) is 17.9. The smallest absolute Gasteiger partial charge is 0.216 e. The van der Waals surface area contributed by atoms with Crippen LogP contribution in [0.25, 0.3) is 10.9 Å². The Labute approximate surface area is 146 Å². The molecule has 130 valence electrons. The van der Waals surface area contributed by atoms with Gasteiger partial charge in [0.15, 0.2) is 0 Å². The number of benzene rings is 2. The summed E-state index contributed by atoms with van der Waals surface area (Å²) in [6.45, 7) is 1.82. The van der Waals surface area contributed by atoms with Crippen LogP contribution in [-0.4, -0.2) is 19.4 Å². The van der Waals surface area contributed by atoms with Gasteiger partial charge in [-0.15, -0.1) is 4.91 Å². The van der Waals surface area contributed by atoms with Crippen molar-refractivity contribution in [1.29, 1.82) is 0 Å². The number of para-hydroxylation sites is 1. The molecule has 1 unspecified atom stereocenters. The largest absolute Gasteiger partial charge is 0.361 e. The zero-order valence-corrected chi connectivity index (χ0v) is 14.6. The lowest BCUT2D eigenvalue weighted by molar-refractivity contribution is 0.559. The monoisotopic (exact) mass is 357 g/mol. The molecule has 1 heterocycles. The molecule has 3 aromatic rings. The van der Waals surface area contributed by atoms with Crippen LogP contribution in [0.15, 0.2) is 59.9 Å². The van der Waals surface area contributed by atoms with Crippen molar-refractivity contribution in [3.63, 3.8) is 0 Å². The van der Waals surface area contributed by atoms with E-state index in [2.05, 4.69) is 14.9 Å². The molecule has 0 aliphatic carbocycles. The molecule has 0 aliphatic rings. The molecule has 0 amide bonds. The van der Waals surface area contributed by atoms with Gasteiger partial charge in [0.2, 0.25) is 10.0 Å². The van der Waals surface area contributed by atoms with Gasteiger partial charge in [-0.3, -0.25) is 0 Å². The third kappa shape index (κ3) is 4.12. The van der Waals surface area contributed by atoms with Crippen molar-refractivity contribution in [3.8, 4) is 0 Å². The first-order chi connectivity index (χ1) is 12.0. The van der Waals surface area contributed by atoms with E-state index in [0.29, 0.717) is 12.0 Å². The summed E-state index contributed by atoms with van der Waals surface area (Å²) in [7, 11) is -3.58. The van der Waals surface area contributed by atoms with E-state index in [9.17, 15) is 13.3 Å². The highest BCUT2D eigenvalue weighted by molar-refractivity contribution is 7.88. The SMILES string of the molecule is CC(Cc1c[nH]c2ccccc12)NS(=O)(=O)Cc1ccccc1N=O. The van der Waals surface area contributed by atoms with Gasteiger partial charge in [-0.1, -0.05) is 36.4 Å². The Hall–Kier alpha value is -2.51. The van der Waals surface area contributed by atoms with E-state index in [0.717, 1.165) is 16.5 Å². The molecule has 25 heavy (non-hydrogen) atoms. The minimum absolute atomic E-state index is 0.150. The number of nitrogens with one attached hydrogen (secondary N) is 2. The minimum atomic E-state index is -3.58. The zero-order valence-electron chi connectivity index (χ0n) is 13.8. The molecule has 0 saturated carbocycles. The second kappa shape index (κ2) is 7.16. The molecule has 1 aromatic heterocycles. The highest BCUT2D eigenvalue weighted by Gasteiger charge is 2.18. The lowest BCUT2D eigenvalue weighted by Crippen LogP contribution is -2.34. The number of aromatic amines is 1.